The molecule has 98 valence electrons. The van der Waals surface area contributed by atoms with Gasteiger partial charge in [-0.1, -0.05) is 0 Å². The minimum absolute atomic E-state index is 0.0316. The van der Waals surface area contributed by atoms with E-state index in [4.69, 9.17) is 4.42 Å². The Kier molecular flexibility index (Phi) is 3.18. The number of nitrogens with zero attached hydrogens (tertiary/aromatic N) is 3. The summed E-state index contributed by atoms with van der Waals surface area (Å²) >= 11 is 0. The molecule has 0 saturated carbocycles. The largest absolute Gasteiger partial charge is 0.459 e. The fraction of sp³-hybridized carbons (Fsp3) is 0.286. The van der Waals surface area contributed by atoms with Gasteiger partial charge in [0.15, 0.2) is 5.76 Å². The molecule has 1 aliphatic rings. The monoisotopic (exact) mass is 257 g/mol. The Morgan fingerprint density at radius 3 is 2.63 bits per heavy atom. The van der Waals surface area contributed by atoms with E-state index >= 15 is 0 Å². The van der Waals surface area contributed by atoms with Gasteiger partial charge in [-0.15, -0.1) is 0 Å². The Labute approximate surface area is 111 Å². The van der Waals surface area contributed by atoms with E-state index in [1.807, 2.05) is 23.2 Å². The molecule has 0 aromatic carbocycles. The van der Waals surface area contributed by atoms with Crippen LogP contribution in [0.3, 0.4) is 0 Å². The smallest absolute Gasteiger partial charge is 0.289 e. The van der Waals surface area contributed by atoms with E-state index in [0.29, 0.717) is 18.8 Å². The van der Waals surface area contributed by atoms with E-state index in [9.17, 15) is 4.79 Å². The molecule has 0 N–H and O–H groups in total. The highest BCUT2D eigenvalue weighted by molar-refractivity contribution is 5.91. The summed E-state index contributed by atoms with van der Waals surface area (Å²) in [5.74, 6) is 0.380. The van der Waals surface area contributed by atoms with Crippen LogP contribution in [0, 0.1) is 0 Å². The van der Waals surface area contributed by atoms with Crippen molar-refractivity contribution in [2.24, 2.45) is 0 Å². The van der Waals surface area contributed by atoms with Gasteiger partial charge in [0.2, 0.25) is 0 Å². The average molecular weight is 257 g/mol. The molecule has 0 radical (unpaired) electrons. The van der Waals surface area contributed by atoms with Crippen LogP contribution in [0.25, 0.3) is 0 Å². The average Bonchev–Trinajstić information content (AvgIpc) is 3.02. The Morgan fingerprint density at radius 2 is 2.00 bits per heavy atom. The summed E-state index contributed by atoms with van der Waals surface area (Å²) in [4.78, 5) is 20.3. The van der Waals surface area contributed by atoms with E-state index in [0.717, 1.165) is 18.8 Å². The molecule has 0 bridgehead atoms. The first-order valence-electron chi connectivity index (χ1n) is 6.32. The number of amides is 1. The Bertz CT molecular complexity index is 531. The van der Waals surface area contributed by atoms with Crippen LogP contribution < -0.4 is 4.90 Å². The Balaban J connectivity index is 1.62. The van der Waals surface area contributed by atoms with Crippen LogP contribution in [0.2, 0.25) is 0 Å². The zero-order valence-electron chi connectivity index (χ0n) is 10.5. The number of piperazine rings is 1. The molecule has 2 aromatic rings. The van der Waals surface area contributed by atoms with Crippen LogP contribution >= 0.6 is 0 Å². The first kappa shape index (κ1) is 11.8. The van der Waals surface area contributed by atoms with Crippen molar-refractivity contribution in [3.05, 3.63) is 48.7 Å². The van der Waals surface area contributed by atoms with Crippen LogP contribution in [0.5, 0.6) is 0 Å². The lowest BCUT2D eigenvalue weighted by atomic mass is 10.2. The lowest BCUT2D eigenvalue weighted by Crippen LogP contribution is -2.48. The van der Waals surface area contributed by atoms with E-state index < -0.39 is 0 Å². The second-order valence-corrected chi connectivity index (χ2v) is 4.47. The fourth-order valence-corrected chi connectivity index (χ4v) is 2.26. The van der Waals surface area contributed by atoms with E-state index in [-0.39, 0.29) is 5.91 Å². The topological polar surface area (TPSA) is 49.6 Å². The first-order valence-corrected chi connectivity index (χ1v) is 6.32. The quantitative estimate of drug-likeness (QED) is 0.820. The van der Waals surface area contributed by atoms with Gasteiger partial charge in [-0.25, -0.2) is 0 Å². The predicted octanol–water partition coefficient (Wildman–Crippen LogP) is 1.64. The van der Waals surface area contributed by atoms with Gasteiger partial charge < -0.3 is 14.2 Å². The van der Waals surface area contributed by atoms with Gasteiger partial charge >= 0.3 is 0 Å². The highest BCUT2D eigenvalue weighted by Gasteiger charge is 2.23. The highest BCUT2D eigenvalue weighted by Crippen LogP contribution is 2.15. The predicted molar refractivity (Wildman–Crippen MR) is 71.1 cm³/mol. The number of furan rings is 1. The zero-order chi connectivity index (χ0) is 13.1. The standard InChI is InChI=1S/C14H15N3O2/c18-14(13-4-2-10-19-13)17-8-6-16(7-9-17)12-3-1-5-15-11-12/h1-5,10-11H,6-9H2. The summed E-state index contributed by atoms with van der Waals surface area (Å²) in [6, 6.07) is 7.40. The zero-order valence-corrected chi connectivity index (χ0v) is 10.5. The molecule has 0 spiro atoms. The molecule has 1 saturated heterocycles. The molecule has 19 heavy (non-hydrogen) atoms. The molecule has 0 aliphatic carbocycles. The van der Waals surface area contributed by atoms with Crippen LogP contribution in [0.4, 0.5) is 5.69 Å². The summed E-state index contributed by atoms with van der Waals surface area (Å²) in [7, 11) is 0. The lowest BCUT2D eigenvalue weighted by molar-refractivity contribution is 0.0714. The molecule has 5 nitrogen and oxygen atoms in total. The minimum atomic E-state index is -0.0316. The molecule has 1 amide bonds. The van der Waals surface area contributed by atoms with Crippen LogP contribution in [-0.4, -0.2) is 42.0 Å². The molecule has 0 unspecified atom stereocenters. The number of rotatable bonds is 2. The maximum absolute atomic E-state index is 12.1. The van der Waals surface area contributed by atoms with Gasteiger partial charge in [0.25, 0.3) is 5.91 Å². The second-order valence-electron chi connectivity index (χ2n) is 4.47. The van der Waals surface area contributed by atoms with Crippen molar-refractivity contribution in [1.82, 2.24) is 9.88 Å². The van der Waals surface area contributed by atoms with Gasteiger partial charge in [-0.3, -0.25) is 9.78 Å². The number of aromatic nitrogens is 1. The van der Waals surface area contributed by atoms with Gasteiger partial charge in [0.1, 0.15) is 0 Å². The molecule has 1 aliphatic heterocycles. The Hall–Kier alpha value is -2.30. The third-order valence-corrected chi connectivity index (χ3v) is 3.31. The molecule has 3 heterocycles. The number of anilines is 1. The molecule has 0 atom stereocenters. The Morgan fingerprint density at radius 1 is 1.16 bits per heavy atom. The minimum Gasteiger partial charge on any atom is -0.459 e. The number of hydrogen-bond donors (Lipinski definition) is 0. The van der Waals surface area contributed by atoms with Crippen molar-refractivity contribution >= 4 is 11.6 Å². The van der Waals surface area contributed by atoms with Crippen molar-refractivity contribution in [2.45, 2.75) is 0 Å². The van der Waals surface area contributed by atoms with Crippen molar-refractivity contribution in [3.8, 4) is 0 Å². The molecule has 1 fully saturated rings. The number of carbonyl (C=O) groups excluding carboxylic acids is 1. The number of hydrogen-bond acceptors (Lipinski definition) is 4. The SMILES string of the molecule is O=C(c1ccco1)N1CCN(c2cccnc2)CC1. The van der Waals surface area contributed by atoms with Crippen molar-refractivity contribution in [3.63, 3.8) is 0 Å². The van der Waals surface area contributed by atoms with Gasteiger partial charge in [-0.05, 0) is 24.3 Å². The first-order chi connectivity index (χ1) is 9.34. The fourth-order valence-electron chi connectivity index (χ4n) is 2.26. The highest BCUT2D eigenvalue weighted by atomic mass is 16.3. The maximum Gasteiger partial charge on any atom is 0.289 e. The summed E-state index contributed by atoms with van der Waals surface area (Å²) in [6.07, 6.45) is 5.14. The molecule has 2 aromatic heterocycles. The van der Waals surface area contributed by atoms with Gasteiger partial charge in [0.05, 0.1) is 18.1 Å². The van der Waals surface area contributed by atoms with Crippen molar-refractivity contribution in [2.75, 3.05) is 31.1 Å². The van der Waals surface area contributed by atoms with E-state index in [1.165, 1.54) is 6.26 Å². The van der Waals surface area contributed by atoms with Gasteiger partial charge in [-0.2, -0.15) is 0 Å². The van der Waals surface area contributed by atoms with Crippen LogP contribution in [0.15, 0.2) is 47.3 Å². The summed E-state index contributed by atoms with van der Waals surface area (Å²) in [6.45, 7) is 3.04. The third kappa shape index (κ3) is 2.45. The van der Waals surface area contributed by atoms with E-state index in [1.54, 1.807) is 18.3 Å². The van der Waals surface area contributed by atoms with E-state index in [2.05, 4.69) is 9.88 Å². The van der Waals surface area contributed by atoms with Crippen LogP contribution in [-0.2, 0) is 0 Å². The van der Waals surface area contributed by atoms with Gasteiger partial charge in [0, 0.05) is 32.4 Å². The van der Waals surface area contributed by atoms with Crippen molar-refractivity contribution in [1.29, 1.82) is 0 Å². The molecular weight excluding hydrogens is 242 g/mol. The molecule has 3 rings (SSSR count). The second kappa shape index (κ2) is 5.14. The lowest BCUT2D eigenvalue weighted by Gasteiger charge is -2.35. The summed E-state index contributed by atoms with van der Waals surface area (Å²) < 4.78 is 5.15. The number of pyridine rings is 1. The van der Waals surface area contributed by atoms with Crippen LogP contribution in [0.1, 0.15) is 10.6 Å². The maximum atomic E-state index is 12.1. The summed E-state index contributed by atoms with van der Waals surface area (Å²) in [5.41, 5.74) is 1.10. The summed E-state index contributed by atoms with van der Waals surface area (Å²) in [5, 5.41) is 0. The number of carbonyl (C=O) groups is 1. The normalized spacial score (nSPS) is 15.6. The van der Waals surface area contributed by atoms with Crippen molar-refractivity contribution < 1.29 is 9.21 Å². The molecule has 5 heteroatoms. The molecular formula is C14H15N3O2. The third-order valence-electron chi connectivity index (χ3n) is 3.31.